The van der Waals surface area contributed by atoms with E-state index < -0.39 is 16.4 Å². The molecule has 0 N–H and O–H groups in total. The summed E-state index contributed by atoms with van der Waals surface area (Å²) in [6.07, 6.45) is 1.77. The number of fused-ring (bicyclic) bond motifs is 1. The highest BCUT2D eigenvalue weighted by Crippen LogP contribution is 2.21. The van der Waals surface area contributed by atoms with Crippen molar-refractivity contribution in [2.75, 3.05) is 0 Å². The lowest BCUT2D eigenvalue weighted by atomic mass is 10.2. The van der Waals surface area contributed by atoms with Crippen LogP contribution in [0.2, 0.25) is 0 Å². The van der Waals surface area contributed by atoms with Crippen molar-refractivity contribution < 1.29 is 13.7 Å². The minimum Gasteiger partial charge on any atom is -0.343 e. The quantitative estimate of drug-likeness (QED) is 0.542. The molecule has 0 radical (unpaired) electrons. The number of hydrogen-bond acceptors (Lipinski definition) is 2. The van der Waals surface area contributed by atoms with E-state index in [9.17, 15) is 18.9 Å². The first-order valence-electron chi connectivity index (χ1n) is 6.22. The van der Waals surface area contributed by atoms with E-state index in [2.05, 4.69) is 0 Å². The van der Waals surface area contributed by atoms with Crippen molar-refractivity contribution >= 4 is 16.6 Å². The molecule has 0 saturated heterocycles. The topological polar surface area (TPSA) is 48.1 Å². The Kier molecular flexibility index (Phi) is 3.13. The van der Waals surface area contributed by atoms with Crippen LogP contribution in [-0.2, 0) is 6.54 Å². The SMILES string of the molecule is O=[N+]([O-])c1ccc(Cn2ccc3cc(F)ccc32)cc1F. The minimum atomic E-state index is -0.861. The molecule has 106 valence electrons. The summed E-state index contributed by atoms with van der Waals surface area (Å²) in [5.74, 6) is -1.18. The van der Waals surface area contributed by atoms with E-state index in [1.165, 1.54) is 18.2 Å². The summed E-state index contributed by atoms with van der Waals surface area (Å²) in [6.45, 7) is 0.351. The van der Waals surface area contributed by atoms with Crippen molar-refractivity contribution in [3.05, 3.63) is 76.0 Å². The second kappa shape index (κ2) is 4.97. The molecular formula is C15H10F2N2O2. The summed E-state index contributed by atoms with van der Waals surface area (Å²) < 4.78 is 28.5. The molecule has 2 aromatic carbocycles. The van der Waals surface area contributed by atoms with Crippen molar-refractivity contribution in [1.29, 1.82) is 0 Å². The van der Waals surface area contributed by atoms with Gasteiger partial charge in [0.2, 0.25) is 5.82 Å². The molecule has 0 aliphatic heterocycles. The van der Waals surface area contributed by atoms with Gasteiger partial charge in [-0.15, -0.1) is 0 Å². The summed E-state index contributed by atoms with van der Waals surface area (Å²) in [7, 11) is 0. The molecule has 3 aromatic rings. The highest BCUT2D eigenvalue weighted by atomic mass is 19.1. The third kappa shape index (κ3) is 2.47. The summed E-state index contributed by atoms with van der Waals surface area (Å²) in [5.41, 5.74) is 0.869. The number of nitro groups is 1. The van der Waals surface area contributed by atoms with E-state index in [-0.39, 0.29) is 5.82 Å². The molecule has 0 fully saturated rings. The Labute approximate surface area is 118 Å². The van der Waals surface area contributed by atoms with E-state index in [4.69, 9.17) is 0 Å². The Bertz CT molecular complexity index is 843. The predicted octanol–water partition coefficient (Wildman–Crippen LogP) is 3.88. The van der Waals surface area contributed by atoms with Crippen LogP contribution in [0.25, 0.3) is 10.9 Å². The van der Waals surface area contributed by atoms with Crippen LogP contribution in [0.15, 0.2) is 48.7 Å². The molecule has 1 heterocycles. The van der Waals surface area contributed by atoms with Crippen molar-refractivity contribution in [2.45, 2.75) is 6.54 Å². The lowest BCUT2D eigenvalue weighted by Crippen LogP contribution is -2.00. The number of nitro benzene ring substituents is 1. The smallest absolute Gasteiger partial charge is 0.304 e. The van der Waals surface area contributed by atoms with Gasteiger partial charge in [-0.25, -0.2) is 4.39 Å². The van der Waals surface area contributed by atoms with Gasteiger partial charge in [0.05, 0.1) is 4.92 Å². The highest BCUT2D eigenvalue weighted by molar-refractivity contribution is 5.80. The molecule has 4 nitrogen and oxygen atoms in total. The van der Waals surface area contributed by atoms with Crippen LogP contribution < -0.4 is 0 Å². The summed E-state index contributed by atoms with van der Waals surface area (Å²) in [6, 6.07) is 9.99. The Morgan fingerprint density at radius 2 is 1.90 bits per heavy atom. The first-order chi connectivity index (χ1) is 10.0. The fourth-order valence-corrected chi connectivity index (χ4v) is 2.30. The molecule has 0 spiro atoms. The van der Waals surface area contributed by atoms with E-state index in [0.29, 0.717) is 12.1 Å². The van der Waals surface area contributed by atoms with Crippen molar-refractivity contribution in [1.82, 2.24) is 4.57 Å². The molecule has 6 heteroatoms. The van der Waals surface area contributed by atoms with Gasteiger partial charge >= 0.3 is 5.69 Å². The number of benzene rings is 2. The van der Waals surface area contributed by atoms with Crippen LogP contribution in [-0.4, -0.2) is 9.49 Å². The maximum absolute atomic E-state index is 13.6. The zero-order valence-electron chi connectivity index (χ0n) is 10.8. The van der Waals surface area contributed by atoms with Gasteiger partial charge in [-0.3, -0.25) is 10.1 Å². The van der Waals surface area contributed by atoms with E-state index in [0.717, 1.165) is 23.0 Å². The maximum atomic E-state index is 13.6. The normalized spacial score (nSPS) is 11.0. The predicted molar refractivity (Wildman–Crippen MR) is 74.1 cm³/mol. The lowest BCUT2D eigenvalue weighted by molar-refractivity contribution is -0.387. The highest BCUT2D eigenvalue weighted by Gasteiger charge is 2.14. The van der Waals surface area contributed by atoms with Crippen LogP contribution in [0.1, 0.15) is 5.56 Å². The van der Waals surface area contributed by atoms with E-state index in [1.54, 1.807) is 18.3 Å². The van der Waals surface area contributed by atoms with E-state index >= 15 is 0 Å². The van der Waals surface area contributed by atoms with Crippen LogP contribution in [0.5, 0.6) is 0 Å². The first-order valence-corrected chi connectivity index (χ1v) is 6.22. The Balaban J connectivity index is 1.95. The number of rotatable bonds is 3. The van der Waals surface area contributed by atoms with Gasteiger partial charge in [0.15, 0.2) is 0 Å². The van der Waals surface area contributed by atoms with Crippen molar-refractivity contribution in [2.24, 2.45) is 0 Å². The van der Waals surface area contributed by atoms with E-state index in [1.807, 2.05) is 4.57 Å². The van der Waals surface area contributed by atoms with Gasteiger partial charge in [-0.2, -0.15) is 4.39 Å². The van der Waals surface area contributed by atoms with Crippen LogP contribution in [0.4, 0.5) is 14.5 Å². The van der Waals surface area contributed by atoms with Crippen LogP contribution in [0.3, 0.4) is 0 Å². The molecule has 3 rings (SSSR count). The molecule has 21 heavy (non-hydrogen) atoms. The second-order valence-corrected chi connectivity index (χ2v) is 4.69. The van der Waals surface area contributed by atoms with Crippen molar-refractivity contribution in [3.63, 3.8) is 0 Å². The Morgan fingerprint density at radius 3 is 2.62 bits per heavy atom. The maximum Gasteiger partial charge on any atom is 0.304 e. The molecule has 0 amide bonds. The average Bonchev–Trinajstić information content (AvgIpc) is 2.80. The largest absolute Gasteiger partial charge is 0.343 e. The van der Waals surface area contributed by atoms with Gasteiger partial charge in [0.1, 0.15) is 5.82 Å². The van der Waals surface area contributed by atoms with Gasteiger partial charge in [-0.1, -0.05) is 6.07 Å². The van der Waals surface area contributed by atoms with Crippen molar-refractivity contribution in [3.8, 4) is 0 Å². The molecule has 0 bridgehead atoms. The lowest BCUT2D eigenvalue weighted by Gasteiger charge is -2.06. The number of halogens is 2. The van der Waals surface area contributed by atoms with Crippen LogP contribution >= 0.6 is 0 Å². The molecule has 0 saturated carbocycles. The zero-order chi connectivity index (χ0) is 15.0. The third-order valence-corrected chi connectivity index (χ3v) is 3.29. The summed E-state index contributed by atoms with van der Waals surface area (Å²) >= 11 is 0. The Morgan fingerprint density at radius 1 is 1.10 bits per heavy atom. The standard InChI is InChI=1S/C15H10F2N2O2/c16-12-2-4-14-11(8-12)5-6-18(14)9-10-1-3-15(19(20)21)13(17)7-10/h1-8H,9H2. The van der Waals surface area contributed by atoms with Crippen LogP contribution in [0, 0.1) is 21.7 Å². The number of nitrogens with zero attached hydrogens (tertiary/aromatic N) is 2. The fraction of sp³-hybridized carbons (Fsp3) is 0.0667. The first kappa shape index (κ1) is 13.2. The molecule has 0 aliphatic rings. The van der Waals surface area contributed by atoms with Gasteiger partial charge in [-0.05, 0) is 35.9 Å². The number of hydrogen-bond donors (Lipinski definition) is 0. The summed E-state index contributed by atoms with van der Waals surface area (Å²) in [4.78, 5) is 9.82. The zero-order valence-corrected chi connectivity index (χ0v) is 10.8. The second-order valence-electron chi connectivity index (χ2n) is 4.69. The molecule has 0 atom stereocenters. The molecule has 1 aromatic heterocycles. The monoisotopic (exact) mass is 288 g/mol. The third-order valence-electron chi connectivity index (χ3n) is 3.29. The molecular weight excluding hydrogens is 278 g/mol. The summed E-state index contributed by atoms with van der Waals surface area (Å²) in [5, 5.41) is 11.3. The number of aromatic nitrogens is 1. The van der Waals surface area contributed by atoms with Gasteiger partial charge in [0, 0.05) is 29.7 Å². The fourth-order valence-electron chi connectivity index (χ4n) is 2.30. The Hall–Kier alpha value is -2.76. The van der Waals surface area contributed by atoms with Gasteiger partial charge < -0.3 is 4.57 Å². The molecule has 0 aliphatic carbocycles. The average molecular weight is 288 g/mol. The minimum absolute atomic E-state index is 0.318. The van der Waals surface area contributed by atoms with Gasteiger partial charge in [0.25, 0.3) is 0 Å². The molecule has 0 unspecified atom stereocenters.